The van der Waals surface area contributed by atoms with Gasteiger partial charge in [0.05, 0.1) is 23.9 Å². The van der Waals surface area contributed by atoms with Crippen LogP contribution in [0.25, 0.3) is 10.9 Å². The average Bonchev–Trinajstić information content (AvgIpc) is 2.53. The highest BCUT2D eigenvalue weighted by Crippen LogP contribution is 2.28. The Labute approximate surface area is 138 Å². The summed E-state index contributed by atoms with van der Waals surface area (Å²) in [5.41, 5.74) is -0.431. The SMILES string of the molecule is O=C(NCC1(O)CCCOC1)c1c(O)cnc2ccc(Cl)cc12. The lowest BCUT2D eigenvalue weighted by Crippen LogP contribution is -2.48. The van der Waals surface area contributed by atoms with Crippen LogP contribution >= 0.6 is 11.6 Å². The third kappa shape index (κ3) is 3.39. The molecule has 122 valence electrons. The number of fused-ring (bicyclic) bond motifs is 1. The molecular weight excluding hydrogens is 320 g/mol. The molecule has 1 atom stereocenters. The van der Waals surface area contributed by atoms with E-state index in [1.807, 2.05) is 0 Å². The maximum Gasteiger partial charge on any atom is 0.255 e. The average molecular weight is 337 g/mol. The van der Waals surface area contributed by atoms with Gasteiger partial charge in [-0.05, 0) is 31.0 Å². The molecule has 2 aromatic rings. The van der Waals surface area contributed by atoms with Crippen LogP contribution < -0.4 is 5.32 Å². The lowest BCUT2D eigenvalue weighted by atomic mass is 9.96. The molecule has 1 fully saturated rings. The maximum atomic E-state index is 12.5. The van der Waals surface area contributed by atoms with Crippen LogP contribution in [-0.4, -0.2) is 46.5 Å². The number of hydrogen-bond acceptors (Lipinski definition) is 5. The summed E-state index contributed by atoms with van der Waals surface area (Å²) in [6.07, 6.45) is 2.52. The largest absolute Gasteiger partial charge is 0.505 e. The van der Waals surface area contributed by atoms with Gasteiger partial charge in [-0.25, -0.2) is 0 Å². The first-order valence-corrected chi connectivity index (χ1v) is 7.72. The Morgan fingerprint density at radius 1 is 1.48 bits per heavy atom. The molecule has 0 saturated carbocycles. The maximum absolute atomic E-state index is 12.5. The smallest absolute Gasteiger partial charge is 0.255 e. The number of halogens is 1. The highest BCUT2D eigenvalue weighted by molar-refractivity contribution is 6.31. The third-order valence-corrected chi connectivity index (χ3v) is 4.15. The normalized spacial score (nSPS) is 21.3. The minimum atomic E-state index is -1.08. The van der Waals surface area contributed by atoms with Crippen LogP contribution in [0.15, 0.2) is 24.4 Å². The Kier molecular flexibility index (Phi) is 4.39. The highest BCUT2D eigenvalue weighted by Gasteiger charge is 2.31. The van der Waals surface area contributed by atoms with Crippen molar-refractivity contribution in [2.24, 2.45) is 0 Å². The monoisotopic (exact) mass is 336 g/mol. The summed E-state index contributed by atoms with van der Waals surface area (Å²) < 4.78 is 5.25. The lowest BCUT2D eigenvalue weighted by Gasteiger charge is -2.32. The molecule has 0 radical (unpaired) electrons. The molecule has 1 aliphatic rings. The van der Waals surface area contributed by atoms with Crippen molar-refractivity contribution in [1.82, 2.24) is 10.3 Å². The quantitative estimate of drug-likeness (QED) is 0.795. The predicted molar refractivity (Wildman–Crippen MR) is 85.8 cm³/mol. The number of aliphatic hydroxyl groups is 1. The van der Waals surface area contributed by atoms with Gasteiger partial charge in [0.1, 0.15) is 11.4 Å². The van der Waals surface area contributed by atoms with Crippen LogP contribution in [0.4, 0.5) is 0 Å². The fourth-order valence-electron chi connectivity index (χ4n) is 2.70. The van der Waals surface area contributed by atoms with Crippen LogP contribution in [0.2, 0.25) is 5.02 Å². The van der Waals surface area contributed by atoms with Gasteiger partial charge in [0, 0.05) is 23.6 Å². The molecule has 7 heteroatoms. The molecule has 0 spiro atoms. The zero-order valence-electron chi connectivity index (χ0n) is 12.4. The molecule has 6 nitrogen and oxygen atoms in total. The number of carbonyl (C=O) groups is 1. The second-order valence-electron chi connectivity index (χ2n) is 5.74. The van der Waals surface area contributed by atoms with Gasteiger partial charge < -0.3 is 20.3 Å². The van der Waals surface area contributed by atoms with Gasteiger partial charge >= 0.3 is 0 Å². The number of ether oxygens (including phenoxy) is 1. The number of nitrogens with one attached hydrogen (secondary N) is 1. The third-order valence-electron chi connectivity index (χ3n) is 3.92. The Balaban J connectivity index is 1.85. The van der Waals surface area contributed by atoms with Crippen molar-refractivity contribution in [2.75, 3.05) is 19.8 Å². The van der Waals surface area contributed by atoms with Crippen LogP contribution in [0, 0.1) is 0 Å². The van der Waals surface area contributed by atoms with E-state index in [2.05, 4.69) is 10.3 Å². The molecule has 0 bridgehead atoms. The predicted octanol–water partition coefficient (Wildman–Crippen LogP) is 1.87. The van der Waals surface area contributed by atoms with Crippen molar-refractivity contribution in [3.63, 3.8) is 0 Å². The first-order chi connectivity index (χ1) is 11.0. The fraction of sp³-hybridized carbons (Fsp3) is 0.375. The molecule has 1 aromatic carbocycles. The van der Waals surface area contributed by atoms with Crippen LogP contribution in [0.3, 0.4) is 0 Å². The molecule has 1 aromatic heterocycles. The molecule has 1 saturated heterocycles. The standard InChI is InChI=1S/C16H17ClN2O4/c17-10-2-3-12-11(6-10)14(13(20)7-18-12)15(21)19-8-16(22)4-1-5-23-9-16/h2-3,6-7,20,22H,1,4-5,8-9H2,(H,19,21). The fourth-order valence-corrected chi connectivity index (χ4v) is 2.88. The molecule has 1 aliphatic heterocycles. The summed E-state index contributed by atoms with van der Waals surface area (Å²) in [4.78, 5) is 16.6. The summed E-state index contributed by atoms with van der Waals surface area (Å²) in [5, 5.41) is 23.9. The van der Waals surface area contributed by atoms with Gasteiger partial charge in [0.2, 0.25) is 0 Å². The van der Waals surface area contributed by atoms with Crippen molar-refractivity contribution in [1.29, 1.82) is 0 Å². The number of hydrogen-bond donors (Lipinski definition) is 3. The molecular formula is C16H17ClN2O4. The Hall–Kier alpha value is -1.89. The number of aromatic hydroxyl groups is 1. The summed E-state index contributed by atoms with van der Waals surface area (Å²) in [7, 11) is 0. The number of nitrogens with zero attached hydrogens (tertiary/aromatic N) is 1. The summed E-state index contributed by atoms with van der Waals surface area (Å²) >= 11 is 5.97. The second-order valence-corrected chi connectivity index (χ2v) is 6.18. The molecule has 2 heterocycles. The Bertz CT molecular complexity index is 739. The molecule has 23 heavy (non-hydrogen) atoms. The zero-order valence-corrected chi connectivity index (χ0v) is 13.1. The number of benzene rings is 1. The molecule has 3 N–H and O–H groups in total. The van der Waals surface area contributed by atoms with E-state index in [0.29, 0.717) is 29.0 Å². The van der Waals surface area contributed by atoms with E-state index in [-0.39, 0.29) is 24.5 Å². The Morgan fingerprint density at radius 3 is 3.04 bits per heavy atom. The second kappa shape index (κ2) is 6.31. The van der Waals surface area contributed by atoms with Crippen LogP contribution in [0.1, 0.15) is 23.2 Å². The van der Waals surface area contributed by atoms with Crippen molar-refractivity contribution >= 4 is 28.4 Å². The van der Waals surface area contributed by atoms with E-state index in [4.69, 9.17) is 16.3 Å². The van der Waals surface area contributed by atoms with E-state index in [9.17, 15) is 15.0 Å². The van der Waals surface area contributed by atoms with E-state index >= 15 is 0 Å². The molecule has 3 rings (SSSR count). The minimum absolute atomic E-state index is 0.0512. The van der Waals surface area contributed by atoms with Gasteiger partial charge in [-0.1, -0.05) is 11.6 Å². The highest BCUT2D eigenvalue weighted by atomic mass is 35.5. The molecule has 0 aliphatic carbocycles. The van der Waals surface area contributed by atoms with Gasteiger partial charge in [-0.2, -0.15) is 0 Å². The zero-order chi connectivity index (χ0) is 16.4. The molecule has 1 amide bonds. The number of rotatable bonds is 3. The van der Waals surface area contributed by atoms with Crippen LogP contribution in [-0.2, 0) is 4.74 Å². The van der Waals surface area contributed by atoms with E-state index in [0.717, 1.165) is 6.42 Å². The summed E-state index contributed by atoms with van der Waals surface area (Å²) in [6, 6.07) is 4.92. The first kappa shape index (κ1) is 16.0. The van der Waals surface area contributed by atoms with Gasteiger partial charge in [-0.15, -0.1) is 0 Å². The van der Waals surface area contributed by atoms with E-state index < -0.39 is 11.5 Å². The van der Waals surface area contributed by atoms with Crippen LogP contribution in [0.5, 0.6) is 5.75 Å². The summed E-state index contributed by atoms with van der Waals surface area (Å²) in [5.74, 6) is -0.722. The van der Waals surface area contributed by atoms with Gasteiger partial charge in [-0.3, -0.25) is 9.78 Å². The van der Waals surface area contributed by atoms with Crippen molar-refractivity contribution < 1.29 is 19.7 Å². The molecule has 1 unspecified atom stereocenters. The number of carbonyl (C=O) groups excluding carboxylic acids is 1. The first-order valence-electron chi connectivity index (χ1n) is 7.34. The topological polar surface area (TPSA) is 91.7 Å². The van der Waals surface area contributed by atoms with Crippen molar-refractivity contribution in [3.8, 4) is 5.75 Å². The minimum Gasteiger partial charge on any atom is -0.505 e. The van der Waals surface area contributed by atoms with Crippen molar-refractivity contribution in [3.05, 3.63) is 35.0 Å². The van der Waals surface area contributed by atoms with E-state index in [1.165, 1.54) is 6.20 Å². The lowest BCUT2D eigenvalue weighted by molar-refractivity contribution is -0.0820. The summed E-state index contributed by atoms with van der Waals surface area (Å²) in [6.45, 7) is 0.850. The number of pyridine rings is 1. The van der Waals surface area contributed by atoms with Gasteiger partial charge in [0.25, 0.3) is 5.91 Å². The number of aromatic nitrogens is 1. The Morgan fingerprint density at radius 2 is 2.30 bits per heavy atom. The van der Waals surface area contributed by atoms with Crippen molar-refractivity contribution in [2.45, 2.75) is 18.4 Å². The van der Waals surface area contributed by atoms with Gasteiger partial charge in [0.15, 0.2) is 0 Å². The number of amides is 1. The van der Waals surface area contributed by atoms with E-state index in [1.54, 1.807) is 18.2 Å².